The minimum absolute atomic E-state index is 0.0923. The minimum Gasteiger partial charge on any atom is -0.356 e. The summed E-state index contributed by atoms with van der Waals surface area (Å²) in [7, 11) is -3.88. The zero-order chi connectivity index (χ0) is 16.4. The molecule has 9 heteroatoms. The van der Waals surface area contributed by atoms with Crippen molar-refractivity contribution < 1.29 is 17.9 Å². The highest BCUT2D eigenvalue weighted by Crippen LogP contribution is 2.26. The Kier molecular flexibility index (Phi) is 3.70. The molecule has 0 bridgehead atoms. The molecule has 0 saturated carbocycles. The number of nitrogens with one attached hydrogen (secondary N) is 1. The van der Waals surface area contributed by atoms with E-state index in [-0.39, 0.29) is 17.1 Å². The van der Waals surface area contributed by atoms with Crippen LogP contribution in [0.25, 0.3) is 11.0 Å². The third-order valence-corrected chi connectivity index (χ3v) is 4.33. The second-order valence-electron chi connectivity index (χ2n) is 4.76. The maximum atomic E-state index is 12.3. The summed E-state index contributed by atoms with van der Waals surface area (Å²) in [6.45, 7) is 0. The van der Waals surface area contributed by atoms with Crippen LogP contribution < -0.4 is 4.72 Å². The van der Waals surface area contributed by atoms with E-state index in [1.807, 2.05) is 0 Å². The van der Waals surface area contributed by atoms with E-state index in [0.717, 1.165) is 0 Å². The van der Waals surface area contributed by atoms with Crippen LogP contribution in [-0.2, 0) is 15.8 Å². The summed E-state index contributed by atoms with van der Waals surface area (Å²) >= 11 is 0. The lowest BCUT2D eigenvalue weighted by molar-refractivity contribution is -0.383. The monoisotopic (exact) mass is 333 g/mol. The Morgan fingerprint density at radius 2 is 1.83 bits per heavy atom. The molecule has 1 heterocycles. The van der Waals surface area contributed by atoms with Gasteiger partial charge in [0.1, 0.15) is 17.1 Å². The van der Waals surface area contributed by atoms with Crippen LogP contribution in [0.1, 0.15) is 5.69 Å². The van der Waals surface area contributed by atoms with Gasteiger partial charge in [-0.3, -0.25) is 14.8 Å². The van der Waals surface area contributed by atoms with Gasteiger partial charge in [0.2, 0.25) is 10.0 Å². The van der Waals surface area contributed by atoms with Crippen molar-refractivity contribution in [3.63, 3.8) is 0 Å². The molecule has 0 fully saturated rings. The van der Waals surface area contributed by atoms with Gasteiger partial charge in [-0.2, -0.15) is 0 Å². The molecule has 118 valence electrons. The van der Waals surface area contributed by atoms with Crippen LogP contribution in [0, 0.1) is 10.1 Å². The number of anilines is 1. The van der Waals surface area contributed by atoms with E-state index in [1.54, 1.807) is 24.3 Å². The summed E-state index contributed by atoms with van der Waals surface area (Å²) in [6.07, 6.45) is 0. The number of rotatable bonds is 5. The second kappa shape index (κ2) is 5.69. The number of aromatic nitrogens is 1. The lowest BCUT2D eigenvalue weighted by Gasteiger charge is -2.07. The minimum atomic E-state index is -3.88. The molecule has 23 heavy (non-hydrogen) atoms. The van der Waals surface area contributed by atoms with Crippen LogP contribution in [0.2, 0.25) is 0 Å². The van der Waals surface area contributed by atoms with Gasteiger partial charge in [0.15, 0.2) is 5.58 Å². The molecule has 0 atom stereocenters. The van der Waals surface area contributed by atoms with Gasteiger partial charge in [0.05, 0.1) is 4.92 Å². The van der Waals surface area contributed by atoms with Crippen LogP contribution in [0.5, 0.6) is 0 Å². The summed E-state index contributed by atoms with van der Waals surface area (Å²) in [5, 5.41) is 15.3. The Morgan fingerprint density at radius 3 is 2.61 bits per heavy atom. The predicted molar refractivity (Wildman–Crippen MR) is 83.4 cm³/mol. The number of benzene rings is 2. The molecule has 1 aromatic heterocycles. The van der Waals surface area contributed by atoms with E-state index in [9.17, 15) is 18.5 Å². The number of nitro groups is 1. The van der Waals surface area contributed by atoms with Crippen molar-refractivity contribution in [3.8, 4) is 0 Å². The quantitative estimate of drug-likeness (QED) is 0.567. The molecule has 0 aliphatic carbocycles. The lowest BCUT2D eigenvalue weighted by atomic mass is 10.2. The van der Waals surface area contributed by atoms with Gasteiger partial charge in [0, 0.05) is 11.5 Å². The van der Waals surface area contributed by atoms with Gasteiger partial charge in [-0.15, -0.1) is 0 Å². The van der Waals surface area contributed by atoms with Crippen LogP contribution in [0.15, 0.2) is 53.1 Å². The van der Waals surface area contributed by atoms with Gasteiger partial charge >= 0.3 is 0 Å². The van der Waals surface area contributed by atoms with Crippen molar-refractivity contribution in [1.29, 1.82) is 0 Å². The first-order valence-corrected chi connectivity index (χ1v) is 8.19. The lowest BCUT2D eigenvalue weighted by Crippen LogP contribution is -2.16. The number of nitro benzene ring substituents is 1. The number of hydrogen-bond donors (Lipinski definition) is 1. The largest absolute Gasteiger partial charge is 0.356 e. The normalized spacial score (nSPS) is 11.5. The molecule has 3 aromatic rings. The first-order valence-electron chi connectivity index (χ1n) is 6.53. The van der Waals surface area contributed by atoms with Crippen LogP contribution >= 0.6 is 0 Å². The number of nitrogens with zero attached hydrogens (tertiary/aromatic N) is 2. The van der Waals surface area contributed by atoms with Crippen molar-refractivity contribution in [3.05, 3.63) is 64.3 Å². The van der Waals surface area contributed by atoms with Gasteiger partial charge in [-0.05, 0) is 18.2 Å². The van der Waals surface area contributed by atoms with Crippen molar-refractivity contribution >= 4 is 32.4 Å². The third-order valence-electron chi connectivity index (χ3n) is 3.15. The number of para-hydroxylation sites is 3. The standard InChI is InChI=1S/C14H11N3O5S/c18-17(19)13-7-3-2-6-11(13)16-23(20,21)9-12-10-5-1-4-8-14(10)22-15-12/h1-8,16H,9H2. The smallest absolute Gasteiger partial charge is 0.293 e. The maximum Gasteiger partial charge on any atom is 0.293 e. The van der Waals surface area contributed by atoms with E-state index in [1.165, 1.54) is 24.3 Å². The predicted octanol–water partition coefficient (Wildman–Crippen LogP) is 2.68. The summed E-state index contributed by atoms with van der Waals surface area (Å²) in [5.74, 6) is -0.448. The molecule has 2 aromatic carbocycles. The number of fused-ring (bicyclic) bond motifs is 1. The molecule has 0 aliphatic heterocycles. The molecule has 0 radical (unpaired) electrons. The Hall–Kier alpha value is -2.94. The zero-order valence-electron chi connectivity index (χ0n) is 11.7. The van der Waals surface area contributed by atoms with Crippen molar-refractivity contribution in [2.75, 3.05) is 4.72 Å². The number of sulfonamides is 1. The highest BCUT2D eigenvalue weighted by atomic mass is 32.2. The average molecular weight is 333 g/mol. The summed E-state index contributed by atoms with van der Waals surface area (Å²) in [4.78, 5) is 10.3. The van der Waals surface area contributed by atoms with Crippen molar-refractivity contribution in [1.82, 2.24) is 5.16 Å². The highest BCUT2D eigenvalue weighted by Gasteiger charge is 2.21. The second-order valence-corrected chi connectivity index (χ2v) is 6.48. The molecule has 1 N–H and O–H groups in total. The third kappa shape index (κ3) is 3.14. The van der Waals surface area contributed by atoms with Crippen molar-refractivity contribution in [2.24, 2.45) is 0 Å². The Labute approximate surface area is 130 Å². The van der Waals surface area contributed by atoms with Gasteiger partial charge in [0.25, 0.3) is 5.69 Å². The van der Waals surface area contributed by atoms with Crippen LogP contribution in [0.3, 0.4) is 0 Å². The molecule has 3 rings (SSSR count). The summed E-state index contributed by atoms with van der Waals surface area (Å²) in [6, 6.07) is 12.4. The van der Waals surface area contributed by atoms with E-state index >= 15 is 0 Å². The Bertz CT molecular complexity index is 981. The molecular formula is C14H11N3O5S. The molecule has 0 aliphatic rings. The van der Waals surface area contributed by atoms with Crippen molar-refractivity contribution in [2.45, 2.75) is 5.75 Å². The molecule has 0 saturated heterocycles. The topological polar surface area (TPSA) is 115 Å². The SMILES string of the molecule is O=[N+]([O-])c1ccccc1NS(=O)(=O)Cc1noc2ccccc12. The maximum absolute atomic E-state index is 12.3. The first kappa shape index (κ1) is 15.0. The summed E-state index contributed by atoms with van der Waals surface area (Å²) in [5.41, 5.74) is 0.307. The van der Waals surface area contributed by atoms with E-state index in [2.05, 4.69) is 9.88 Å². The van der Waals surface area contributed by atoms with E-state index in [4.69, 9.17) is 4.52 Å². The summed E-state index contributed by atoms with van der Waals surface area (Å²) < 4.78 is 31.8. The Balaban J connectivity index is 1.90. The van der Waals surface area contributed by atoms with Gasteiger partial charge < -0.3 is 4.52 Å². The molecular weight excluding hydrogens is 322 g/mol. The van der Waals surface area contributed by atoms with Crippen LogP contribution in [0.4, 0.5) is 11.4 Å². The fourth-order valence-electron chi connectivity index (χ4n) is 2.14. The van der Waals surface area contributed by atoms with E-state index < -0.39 is 20.7 Å². The van der Waals surface area contributed by atoms with Gasteiger partial charge in [-0.1, -0.05) is 29.4 Å². The molecule has 8 nitrogen and oxygen atoms in total. The molecule has 0 spiro atoms. The molecule has 0 unspecified atom stereocenters. The van der Waals surface area contributed by atoms with E-state index in [0.29, 0.717) is 11.0 Å². The van der Waals surface area contributed by atoms with Gasteiger partial charge in [-0.25, -0.2) is 8.42 Å². The highest BCUT2D eigenvalue weighted by molar-refractivity contribution is 7.91. The average Bonchev–Trinajstić information content (AvgIpc) is 2.90. The fourth-order valence-corrected chi connectivity index (χ4v) is 3.29. The van der Waals surface area contributed by atoms with Crippen LogP contribution in [-0.4, -0.2) is 18.5 Å². The first-order chi connectivity index (χ1) is 11.0. The fraction of sp³-hybridized carbons (Fsp3) is 0.0714. The molecule has 0 amide bonds. The number of hydrogen-bond acceptors (Lipinski definition) is 6. The Morgan fingerprint density at radius 1 is 1.13 bits per heavy atom. The zero-order valence-corrected chi connectivity index (χ0v) is 12.5.